The summed E-state index contributed by atoms with van der Waals surface area (Å²) in [5, 5.41) is 18.2. The molecule has 0 amide bonds. The summed E-state index contributed by atoms with van der Waals surface area (Å²) in [4.78, 5) is 9.09. The van der Waals surface area contributed by atoms with Crippen molar-refractivity contribution in [3.05, 3.63) is 10.1 Å². The van der Waals surface area contributed by atoms with Crippen LogP contribution in [0.2, 0.25) is 0 Å². The van der Waals surface area contributed by atoms with Gasteiger partial charge in [-0.05, 0) is 6.42 Å². The summed E-state index contributed by atoms with van der Waals surface area (Å²) in [6, 6.07) is 0. The number of aliphatic hydroxyl groups excluding tert-OH is 1. The number of nitrogens with zero attached hydrogens (tertiary/aromatic N) is 1. The summed E-state index contributed by atoms with van der Waals surface area (Å²) in [5.41, 5.74) is 0. The molecule has 0 heterocycles. The first kappa shape index (κ1) is 7.36. The second kappa shape index (κ2) is 3.37. The van der Waals surface area contributed by atoms with E-state index in [2.05, 4.69) is 0 Å². The Bertz CT molecular complexity index is 83.4. The molecule has 0 aromatic heterocycles. The first-order valence-corrected chi connectivity index (χ1v) is 2.46. The number of hydrogen-bond donors (Lipinski definition) is 1. The third-order valence-corrected chi connectivity index (χ3v) is 0.831. The first-order chi connectivity index (χ1) is 3.66. The highest BCUT2D eigenvalue weighted by Crippen LogP contribution is 1.87. The highest BCUT2D eigenvalue weighted by molar-refractivity contribution is 4.45. The fourth-order valence-electron chi connectivity index (χ4n) is 0.301. The molecule has 0 aliphatic carbocycles. The fraction of sp³-hybridized carbons (Fsp3) is 1.00. The van der Waals surface area contributed by atoms with Crippen LogP contribution in [0.25, 0.3) is 0 Å². The van der Waals surface area contributed by atoms with Crippen LogP contribution < -0.4 is 0 Å². The van der Waals surface area contributed by atoms with Crippen molar-refractivity contribution in [3.8, 4) is 0 Å². The molecule has 4 nitrogen and oxygen atoms in total. The molecule has 4 heteroatoms. The van der Waals surface area contributed by atoms with Gasteiger partial charge in [0.05, 0.1) is 0 Å². The van der Waals surface area contributed by atoms with Gasteiger partial charge in [-0.1, -0.05) is 6.92 Å². The minimum absolute atomic E-state index is 0.337. The molecule has 0 unspecified atom stereocenters. The molecule has 0 rings (SSSR count). The molecule has 48 valence electrons. The topological polar surface area (TPSA) is 63.4 Å². The van der Waals surface area contributed by atoms with E-state index < -0.39 is 11.0 Å². The lowest BCUT2D eigenvalue weighted by atomic mass is 10.3. The lowest BCUT2D eigenvalue weighted by molar-refractivity contribution is -0.490. The predicted octanol–water partition coefficient (Wildman–Crippen LogP) is 0.0340. The normalized spacial score (nSPS) is 13.2. The van der Waals surface area contributed by atoms with Crippen LogP contribution in [0.4, 0.5) is 0 Å². The zero-order valence-electron chi connectivity index (χ0n) is 4.70. The molecule has 1 N–H and O–H groups in total. The maximum Gasteiger partial charge on any atom is 0.229 e. The summed E-state index contributed by atoms with van der Waals surface area (Å²) in [6.45, 7) is 1.37. The van der Waals surface area contributed by atoms with E-state index in [0.717, 1.165) is 0 Å². The second-order valence-corrected chi connectivity index (χ2v) is 1.58. The molecule has 0 aliphatic rings. The van der Waals surface area contributed by atoms with Crippen molar-refractivity contribution < 1.29 is 10.0 Å². The van der Waals surface area contributed by atoms with E-state index >= 15 is 0 Å². The van der Waals surface area contributed by atoms with Gasteiger partial charge in [0.1, 0.15) is 6.10 Å². The van der Waals surface area contributed by atoms with E-state index in [-0.39, 0.29) is 6.54 Å². The Morgan fingerprint density at radius 3 is 2.50 bits per heavy atom. The lowest BCUT2D eigenvalue weighted by Gasteiger charge is -1.97. The summed E-state index contributed by atoms with van der Waals surface area (Å²) >= 11 is 0. The number of aliphatic hydroxyl groups is 1. The minimum Gasteiger partial charge on any atom is -0.386 e. The Balaban J connectivity index is 3.24. The molecular formula is C4H9NO3. The predicted molar refractivity (Wildman–Crippen MR) is 28.2 cm³/mol. The van der Waals surface area contributed by atoms with Gasteiger partial charge in [-0.25, -0.2) is 0 Å². The summed E-state index contributed by atoms with van der Waals surface area (Å²) in [6.07, 6.45) is -0.328. The SMILES string of the molecule is CC[C@@H](O)C[N+](=O)[O-]. The molecule has 0 aromatic rings. The molecule has 0 spiro atoms. The molecule has 0 aliphatic heterocycles. The Kier molecular flexibility index (Phi) is 3.10. The van der Waals surface area contributed by atoms with Gasteiger partial charge in [0.2, 0.25) is 6.54 Å². The quantitative estimate of drug-likeness (QED) is 0.421. The molecule has 1 atom stereocenters. The first-order valence-electron chi connectivity index (χ1n) is 2.46. The maximum atomic E-state index is 9.61. The van der Waals surface area contributed by atoms with Gasteiger partial charge < -0.3 is 5.11 Å². The molecular weight excluding hydrogens is 110 g/mol. The Labute approximate surface area is 47.3 Å². The van der Waals surface area contributed by atoms with Gasteiger partial charge in [-0.15, -0.1) is 0 Å². The van der Waals surface area contributed by atoms with Gasteiger partial charge in [0.25, 0.3) is 0 Å². The molecule has 0 aromatic carbocycles. The van der Waals surface area contributed by atoms with E-state index in [1.54, 1.807) is 6.92 Å². The van der Waals surface area contributed by atoms with Gasteiger partial charge in [0.15, 0.2) is 0 Å². The van der Waals surface area contributed by atoms with Gasteiger partial charge >= 0.3 is 0 Å². The van der Waals surface area contributed by atoms with Crippen molar-refractivity contribution in [2.75, 3.05) is 6.54 Å². The van der Waals surface area contributed by atoms with Crippen molar-refractivity contribution in [3.63, 3.8) is 0 Å². The van der Waals surface area contributed by atoms with Crippen LogP contribution in [-0.4, -0.2) is 22.7 Å². The molecule has 0 radical (unpaired) electrons. The molecule has 0 bridgehead atoms. The zero-order valence-corrected chi connectivity index (χ0v) is 4.70. The largest absolute Gasteiger partial charge is 0.386 e. The summed E-state index contributed by atoms with van der Waals surface area (Å²) in [7, 11) is 0. The van der Waals surface area contributed by atoms with Crippen LogP contribution in [0, 0.1) is 10.1 Å². The van der Waals surface area contributed by atoms with E-state index in [4.69, 9.17) is 5.11 Å². The van der Waals surface area contributed by atoms with E-state index in [1.807, 2.05) is 0 Å². The number of rotatable bonds is 3. The Morgan fingerprint density at radius 1 is 1.88 bits per heavy atom. The zero-order chi connectivity index (χ0) is 6.57. The molecule has 0 saturated carbocycles. The highest BCUT2D eigenvalue weighted by Gasteiger charge is 2.06. The number of hydrogen-bond acceptors (Lipinski definition) is 3. The molecule has 8 heavy (non-hydrogen) atoms. The third-order valence-electron chi connectivity index (χ3n) is 0.831. The Hall–Kier alpha value is -0.640. The monoisotopic (exact) mass is 119 g/mol. The summed E-state index contributed by atoms with van der Waals surface area (Å²) < 4.78 is 0. The standard InChI is InChI=1S/C4H9NO3/c1-2-4(6)3-5(7)8/h4,6H,2-3H2,1H3/t4-/m1/s1. The van der Waals surface area contributed by atoms with Gasteiger partial charge in [-0.3, -0.25) is 10.1 Å². The van der Waals surface area contributed by atoms with Crippen molar-refractivity contribution in [1.82, 2.24) is 0 Å². The average Bonchev–Trinajstić information content (AvgIpc) is 1.65. The van der Waals surface area contributed by atoms with Crippen molar-refractivity contribution in [1.29, 1.82) is 0 Å². The fourth-order valence-corrected chi connectivity index (χ4v) is 0.301. The molecule has 0 saturated heterocycles. The van der Waals surface area contributed by atoms with Crippen LogP contribution in [0.1, 0.15) is 13.3 Å². The van der Waals surface area contributed by atoms with Crippen LogP contribution in [0.15, 0.2) is 0 Å². The minimum atomic E-state index is -0.773. The van der Waals surface area contributed by atoms with Crippen molar-refractivity contribution in [2.24, 2.45) is 0 Å². The summed E-state index contributed by atoms with van der Waals surface area (Å²) in [5.74, 6) is 0. The van der Waals surface area contributed by atoms with E-state index in [9.17, 15) is 10.1 Å². The van der Waals surface area contributed by atoms with Crippen LogP contribution >= 0.6 is 0 Å². The highest BCUT2D eigenvalue weighted by atomic mass is 16.6. The van der Waals surface area contributed by atoms with Gasteiger partial charge in [0, 0.05) is 4.92 Å². The third kappa shape index (κ3) is 3.55. The second-order valence-electron chi connectivity index (χ2n) is 1.58. The Morgan fingerprint density at radius 2 is 2.38 bits per heavy atom. The number of nitro groups is 1. The van der Waals surface area contributed by atoms with E-state index in [0.29, 0.717) is 6.42 Å². The van der Waals surface area contributed by atoms with Crippen LogP contribution in [0.3, 0.4) is 0 Å². The van der Waals surface area contributed by atoms with E-state index in [1.165, 1.54) is 0 Å². The maximum absolute atomic E-state index is 9.61. The van der Waals surface area contributed by atoms with Crippen molar-refractivity contribution in [2.45, 2.75) is 19.4 Å². The molecule has 0 fully saturated rings. The van der Waals surface area contributed by atoms with Gasteiger partial charge in [-0.2, -0.15) is 0 Å². The smallest absolute Gasteiger partial charge is 0.229 e. The lowest BCUT2D eigenvalue weighted by Crippen LogP contribution is -2.17. The van der Waals surface area contributed by atoms with Crippen molar-refractivity contribution >= 4 is 0 Å². The van der Waals surface area contributed by atoms with Crippen LogP contribution in [-0.2, 0) is 0 Å². The average molecular weight is 119 g/mol. The van der Waals surface area contributed by atoms with Crippen LogP contribution in [0.5, 0.6) is 0 Å².